The van der Waals surface area contributed by atoms with E-state index in [2.05, 4.69) is 20.4 Å². The number of anilines is 3. The van der Waals surface area contributed by atoms with Crippen molar-refractivity contribution in [3.8, 4) is 11.5 Å². The van der Waals surface area contributed by atoms with Crippen LogP contribution in [0.5, 0.6) is 11.5 Å². The van der Waals surface area contributed by atoms with Gasteiger partial charge in [0.1, 0.15) is 17.7 Å². The van der Waals surface area contributed by atoms with Gasteiger partial charge in [-0.1, -0.05) is 32.9 Å². The molecule has 0 bridgehead atoms. The molecule has 3 aromatic carbocycles. The third-order valence-electron chi connectivity index (χ3n) is 5.77. The van der Waals surface area contributed by atoms with Crippen LogP contribution in [-0.4, -0.2) is 44.3 Å². The number of fused-ring (bicyclic) bond motifs is 1. The summed E-state index contributed by atoms with van der Waals surface area (Å²) >= 11 is 0. The van der Waals surface area contributed by atoms with Crippen LogP contribution in [0.15, 0.2) is 71.7 Å². The first-order valence-corrected chi connectivity index (χ1v) is 13.7. The Balaban J connectivity index is 0.000000661. The first kappa shape index (κ1) is 35.1. The van der Waals surface area contributed by atoms with Gasteiger partial charge >= 0.3 is 6.36 Å². The van der Waals surface area contributed by atoms with Crippen LogP contribution >= 0.6 is 0 Å². The topological polar surface area (TPSA) is 170 Å². The van der Waals surface area contributed by atoms with Crippen LogP contribution in [0.2, 0.25) is 0 Å². The summed E-state index contributed by atoms with van der Waals surface area (Å²) in [6.45, 7) is 6.56. The Morgan fingerprint density at radius 2 is 1.68 bits per heavy atom. The van der Waals surface area contributed by atoms with E-state index in [1.807, 2.05) is 20.8 Å². The molecule has 4 rings (SSSR count). The predicted octanol–water partition coefficient (Wildman–Crippen LogP) is 4.96. The number of aliphatic imine (C=N–C) groups is 1. The van der Waals surface area contributed by atoms with Gasteiger partial charge in [-0.2, -0.15) is 0 Å². The van der Waals surface area contributed by atoms with Gasteiger partial charge in [-0.15, -0.1) is 13.2 Å². The van der Waals surface area contributed by atoms with Gasteiger partial charge < -0.3 is 42.2 Å². The van der Waals surface area contributed by atoms with E-state index in [0.29, 0.717) is 33.9 Å². The van der Waals surface area contributed by atoms with Gasteiger partial charge in [-0.3, -0.25) is 14.6 Å². The molecule has 1 aliphatic heterocycles. The number of alkyl halides is 3. The summed E-state index contributed by atoms with van der Waals surface area (Å²) < 4.78 is 47.1. The van der Waals surface area contributed by atoms with Crippen molar-refractivity contribution in [3.05, 3.63) is 77.9 Å². The number of carbonyl (C=O) groups excluding carboxylic acids is 2. The molecular weight excluding hydrogens is 579 g/mol. The summed E-state index contributed by atoms with van der Waals surface area (Å²) in [5.41, 5.74) is 17.8. The number of methoxy groups -OCH3 is 1. The van der Waals surface area contributed by atoms with Crippen molar-refractivity contribution in [2.45, 2.75) is 39.7 Å². The second-order valence-corrected chi connectivity index (χ2v) is 8.98. The number of rotatable bonds is 9. The van der Waals surface area contributed by atoms with Crippen molar-refractivity contribution >= 4 is 34.8 Å². The highest BCUT2D eigenvalue weighted by Gasteiger charge is 2.34. The number of halogens is 3. The Kier molecular flexibility index (Phi) is 13.1. The fourth-order valence-corrected chi connectivity index (χ4v) is 4.02. The number of hydrogen-bond acceptors (Lipinski definition) is 7. The first-order valence-electron chi connectivity index (χ1n) is 13.7. The molecule has 14 heteroatoms. The monoisotopic (exact) mass is 617 g/mol. The number of nitrogens with two attached hydrogens (primary N) is 3. The minimum absolute atomic E-state index is 0.182. The van der Waals surface area contributed by atoms with Gasteiger partial charge in [0.2, 0.25) is 5.91 Å². The molecule has 0 saturated carbocycles. The maximum Gasteiger partial charge on any atom is 0.573 e. The quantitative estimate of drug-likeness (QED) is 0.166. The number of primary amides is 1. The van der Waals surface area contributed by atoms with Gasteiger partial charge in [0.15, 0.2) is 5.96 Å². The summed E-state index contributed by atoms with van der Waals surface area (Å²) in [5, 5.41) is 5.94. The van der Waals surface area contributed by atoms with Crippen molar-refractivity contribution < 1.29 is 32.2 Å². The van der Waals surface area contributed by atoms with Crippen molar-refractivity contribution in [3.63, 3.8) is 0 Å². The van der Waals surface area contributed by atoms with Crippen molar-refractivity contribution in [2.24, 2.45) is 22.2 Å². The number of amides is 2. The van der Waals surface area contributed by atoms with Crippen LogP contribution in [0.1, 0.15) is 49.3 Å². The molecule has 0 aromatic heterocycles. The van der Waals surface area contributed by atoms with Crippen molar-refractivity contribution in [2.75, 3.05) is 35.7 Å². The zero-order valence-corrected chi connectivity index (χ0v) is 24.9. The van der Waals surface area contributed by atoms with Crippen molar-refractivity contribution in [1.82, 2.24) is 0 Å². The lowest BCUT2D eigenvalue weighted by atomic mass is 10.1. The maximum atomic E-state index is 12.8. The SMILES string of the molecule is CC.CCCN=C(N)N.COc1ccc(NC(=O)c2ccc3c(c2)NC(c2cccc(OC(F)(F)F)c2)N3CC(N)=O)cc1. The fraction of sp³-hybridized carbons (Fsp3) is 0.300. The van der Waals surface area contributed by atoms with Crippen LogP contribution in [0.25, 0.3) is 0 Å². The van der Waals surface area contributed by atoms with Gasteiger partial charge in [-0.05, 0) is 66.6 Å². The Morgan fingerprint density at radius 3 is 2.23 bits per heavy atom. The van der Waals surface area contributed by atoms with E-state index >= 15 is 0 Å². The number of benzene rings is 3. The molecule has 238 valence electrons. The normalized spacial score (nSPS) is 13.1. The first-order chi connectivity index (χ1) is 20.9. The lowest BCUT2D eigenvalue weighted by Gasteiger charge is -2.26. The third kappa shape index (κ3) is 10.6. The van der Waals surface area contributed by atoms with Crippen LogP contribution in [0, 0.1) is 0 Å². The molecular formula is C30H38F3N7O4. The predicted molar refractivity (Wildman–Crippen MR) is 166 cm³/mol. The van der Waals surface area contributed by atoms with Gasteiger partial charge in [-0.25, -0.2) is 0 Å². The average Bonchev–Trinajstić information content (AvgIpc) is 3.34. The van der Waals surface area contributed by atoms with E-state index in [1.165, 1.54) is 18.2 Å². The third-order valence-corrected chi connectivity index (χ3v) is 5.77. The maximum absolute atomic E-state index is 12.8. The van der Waals surface area contributed by atoms with E-state index in [9.17, 15) is 22.8 Å². The molecule has 0 aliphatic carbocycles. The highest BCUT2D eigenvalue weighted by atomic mass is 19.4. The van der Waals surface area contributed by atoms with Crippen LogP contribution in [0.3, 0.4) is 0 Å². The molecule has 0 saturated heterocycles. The molecule has 1 aliphatic rings. The molecule has 0 radical (unpaired) electrons. The molecule has 8 N–H and O–H groups in total. The second-order valence-electron chi connectivity index (χ2n) is 8.98. The molecule has 1 unspecified atom stereocenters. The van der Waals surface area contributed by atoms with Crippen LogP contribution < -0.4 is 42.2 Å². The molecule has 0 fully saturated rings. The zero-order chi connectivity index (χ0) is 32.9. The number of guanidine groups is 1. The number of hydrogen-bond donors (Lipinski definition) is 5. The minimum Gasteiger partial charge on any atom is -0.497 e. The smallest absolute Gasteiger partial charge is 0.497 e. The average molecular weight is 618 g/mol. The molecule has 11 nitrogen and oxygen atoms in total. The molecule has 2 amide bonds. The molecule has 1 atom stereocenters. The van der Waals surface area contributed by atoms with E-state index in [0.717, 1.165) is 13.0 Å². The largest absolute Gasteiger partial charge is 0.573 e. The zero-order valence-electron chi connectivity index (χ0n) is 24.9. The standard InChI is InChI=1S/C24H21F3N4O4.C4H11N3.C2H6/c1-34-17-8-6-16(7-9-17)29-23(33)15-5-10-20-19(12-15)30-22(31(20)13-21(28)32)14-3-2-4-18(11-14)35-24(25,26)27;1-2-3-7-4(5)6;1-2/h2-12,22,30H,13H2,1H3,(H2,28,32)(H,29,33);2-3H2,1H3,(H4,5,6,7);1-2H3. The Bertz CT molecular complexity index is 1410. The molecule has 0 spiro atoms. The summed E-state index contributed by atoms with van der Waals surface area (Å²) in [4.78, 5) is 29.8. The summed E-state index contributed by atoms with van der Waals surface area (Å²) in [6.07, 6.45) is -4.56. The Hall–Kier alpha value is -5.14. The van der Waals surface area contributed by atoms with Crippen LogP contribution in [-0.2, 0) is 4.79 Å². The van der Waals surface area contributed by atoms with E-state index in [4.69, 9.17) is 21.9 Å². The number of carbonyl (C=O) groups is 2. The molecule has 44 heavy (non-hydrogen) atoms. The highest BCUT2D eigenvalue weighted by Crippen LogP contribution is 2.42. The van der Waals surface area contributed by atoms with E-state index in [1.54, 1.807) is 60.5 Å². The van der Waals surface area contributed by atoms with Gasteiger partial charge in [0.05, 0.1) is 25.0 Å². The van der Waals surface area contributed by atoms with E-state index in [-0.39, 0.29) is 18.4 Å². The van der Waals surface area contributed by atoms with Gasteiger partial charge in [0, 0.05) is 17.8 Å². The second kappa shape index (κ2) is 16.5. The van der Waals surface area contributed by atoms with E-state index < -0.39 is 24.2 Å². The number of nitrogens with zero attached hydrogens (tertiary/aromatic N) is 2. The summed E-state index contributed by atoms with van der Waals surface area (Å²) in [5.74, 6) is -0.567. The lowest BCUT2D eigenvalue weighted by molar-refractivity contribution is -0.274. The van der Waals surface area contributed by atoms with Gasteiger partial charge in [0.25, 0.3) is 5.91 Å². The molecule has 3 aromatic rings. The number of nitrogens with one attached hydrogen (secondary N) is 2. The lowest BCUT2D eigenvalue weighted by Crippen LogP contribution is -2.36. The summed E-state index contributed by atoms with van der Waals surface area (Å²) in [6, 6.07) is 17.1. The Morgan fingerprint density at radius 1 is 1.00 bits per heavy atom. The highest BCUT2D eigenvalue weighted by molar-refractivity contribution is 6.05. The van der Waals surface area contributed by atoms with Crippen molar-refractivity contribution in [1.29, 1.82) is 0 Å². The number of ether oxygens (including phenoxy) is 2. The fourth-order valence-electron chi connectivity index (χ4n) is 4.02. The Labute approximate surface area is 254 Å². The molecule has 1 heterocycles. The summed E-state index contributed by atoms with van der Waals surface area (Å²) in [7, 11) is 1.54. The van der Waals surface area contributed by atoms with Crippen LogP contribution in [0.4, 0.5) is 30.2 Å². The minimum atomic E-state index is -4.84.